The lowest BCUT2D eigenvalue weighted by atomic mass is 10.0. The van der Waals surface area contributed by atoms with E-state index >= 15 is 0 Å². The Balaban J connectivity index is 3.05. The maximum atomic E-state index is 10.8. The molecule has 42 heavy (non-hydrogen) atoms. The van der Waals surface area contributed by atoms with Crippen molar-refractivity contribution in [2.75, 3.05) is 12.0 Å². The highest BCUT2D eigenvalue weighted by molar-refractivity contribution is 7.51. The quantitative estimate of drug-likeness (QED) is 0.0406. The molecule has 0 aromatic carbocycles. The summed E-state index contributed by atoms with van der Waals surface area (Å²) in [6, 6.07) is 0. The molecule has 0 saturated carbocycles. The van der Waals surface area contributed by atoms with Crippen LogP contribution in [0.1, 0.15) is 225 Å². The minimum absolute atomic E-state index is 0.0607. The second-order valence-corrected chi connectivity index (χ2v) is 15.6. The van der Waals surface area contributed by atoms with Crippen LogP contribution in [0.3, 0.4) is 0 Å². The predicted molar refractivity (Wildman–Crippen MR) is 189 cm³/mol. The van der Waals surface area contributed by atoms with E-state index in [1.165, 1.54) is 205 Å². The van der Waals surface area contributed by atoms with E-state index in [9.17, 15) is 4.57 Å². The summed E-state index contributed by atoms with van der Waals surface area (Å²) in [7, 11) is -3.77. The zero-order valence-corrected chi connectivity index (χ0v) is 29.9. The molecule has 2 N–H and O–H groups in total. The molecule has 0 aliphatic rings. The Morgan fingerprint density at radius 3 is 0.571 bits per heavy atom. The molecule has 0 atom stereocenters. The molecule has 0 aliphatic heterocycles. The van der Waals surface area contributed by atoms with Gasteiger partial charge in [0, 0.05) is 12.0 Å². The van der Waals surface area contributed by atoms with Gasteiger partial charge in [-0.3, -0.25) is 4.57 Å². The average Bonchev–Trinajstić information content (AvgIpc) is 2.96. The van der Waals surface area contributed by atoms with Gasteiger partial charge in [-0.1, -0.05) is 212 Å². The summed E-state index contributed by atoms with van der Waals surface area (Å²) < 4.78 is 10.8. The van der Waals surface area contributed by atoms with Crippen molar-refractivity contribution in [2.24, 2.45) is 0 Å². The molecule has 0 amide bonds. The molecule has 0 unspecified atom stereocenters. The van der Waals surface area contributed by atoms with Gasteiger partial charge in [-0.05, 0) is 12.8 Å². The van der Waals surface area contributed by atoms with Crippen LogP contribution in [0.5, 0.6) is 0 Å². The molecular weight excluding hydrogens is 559 g/mol. The van der Waals surface area contributed by atoms with E-state index in [0.29, 0.717) is 6.42 Å². The van der Waals surface area contributed by atoms with E-state index in [0.717, 1.165) is 18.7 Å². The second kappa shape index (κ2) is 35.9. The van der Waals surface area contributed by atoms with E-state index in [-0.39, 0.29) is 6.16 Å². The van der Waals surface area contributed by atoms with Crippen LogP contribution in [-0.2, 0) is 4.57 Å². The average molecular weight is 635 g/mol. The zero-order chi connectivity index (χ0) is 30.7. The van der Waals surface area contributed by atoms with E-state index in [2.05, 4.69) is 0 Å². The molecule has 3 nitrogen and oxygen atoms in total. The fourth-order valence-electron chi connectivity index (χ4n) is 6.25. The number of hydrogen-bond acceptors (Lipinski definition) is 1. The Hall–Kier alpha value is 0.440. The fraction of sp³-hybridized carbons (Fsp3) is 1.00. The molecule has 0 heterocycles. The molecule has 0 saturated heterocycles. The molecule has 5 heteroatoms. The Labute approximate surface area is 269 Å². The summed E-state index contributed by atoms with van der Waals surface area (Å²) in [5, 5.41) is 0. The van der Waals surface area contributed by atoms with Crippen molar-refractivity contribution in [2.45, 2.75) is 225 Å². The highest BCUT2D eigenvalue weighted by Gasteiger charge is 2.10. The van der Waals surface area contributed by atoms with Gasteiger partial charge in [0.05, 0.1) is 0 Å². The predicted octanol–water partition coefficient (Wildman–Crippen LogP) is 14.1. The lowest BCUT2D eigenvalue weighted by molar-refractivity contribution is 0.370. The summed E-state index contributed by atoms with van der Waals surface area (Å²) in [5.74, 6) is 0.838. The van der Waals surface area contributed by atoms with E-state index in [1.54, 1.807) is 0 Å². The topological polar surface area (TPSA) is 57.5 Å². The molecule has 0 radical (unpaired) electrons. The minimum atomic E-state index is -3.77. The molecule has 0 aliphatic carbocycles. The van der Waals surface area contributed by atoms with E-state index in [4.69, 9.17) is 21.4 Å². The molecule has 0 aromatic heterocycles. The Morgan fingerprint density at radius 1 is 0.286 bits per heavy atom. The molecule has 0 aromatic rings. The van der Waals surface area contributed by atoms with Crippen LogP contribution in [0.4, 0.5) is 0 Å². The van der Waals surface area contributed by atoms with Gasteiger partial charge >= 0.3 is 7.60 Å². The van der Waals surface area contributed by atoms with Crippen molar-refractivity contribution in [1.29, 1.82) is 0 Å². The number of unbranched alkanes of at least 4 members (excludes halogenated alkanes) is 34. The first-order valence-corrected chi connectivity index (χ1v) is 21.5. The maximum Gasteiger partial charge on any atom is 0.325 e. The van der Waals surface area contributed by atoms with Crippen LogP contribution in [-0.4, -0.2) is 21.8 Å². The minimum Gasteiger partial charge on any atom is -0.324 e. The molecule has 0 fully saturated rings. The van der Waals surface area contributed by atoms with Crippen LogP contribution >= 0.6 is 19.2 Å². The van der Waals surface area contributed by atoms with Crippen molar-refractivity contribution >= 4 is 19.2 Å². The zero-order valence-electron chi connectivity index (χ0n) is 28.3. The third-order valence-electron chi connectivity index (χ3n) is 9.08. The van der Waals surface area contributed by atoms with Crippen molar-refractivity contribution in [3.05, 3.63) is 0 Å². The number of alkyl halides is 1. The van der Waals surface area contributed by atoms with Crippen LogP contribution in [0, 0.1) is 0 Å². The standard InChI is InChI=1S/C37H76ClO3P/c38-36-34-32-30-28-26-24-22-20-18-16-14-12-10-8-6-4-2-1-3-5-7-9-11-13-15-17-19-21-23-25-27-29-31-33-35-37-42(39,40)41/h1-37H2,(H2,39,40,41). The second-order valence-electron chi connectivity index (χ2n) is 13.5. The van der Waals surface area contributed by atoms with Gasteiger partial charge in [0.1, 0.15) is 0 Å². The summed E-state index contributed by atoms with van der Waals surface area (Å²) in [6.07, 6.45) is 48.1. The normalized spacial score (nSPS) is 12.0. The van der Waals surface area contributed by atoms with Gasteiger partial charge < -0.3 is 9.79 Å². The van der Waals surface area contributed by atoms with Gasteiger partial charge in [-0.2, -0.15) is 0 Å². The number of rotatable bonds is 37. The maximum absolute atomic E-state index is 10.8. The largest absolute Gasteiger partial charge is 0.325 e. The first-order chi connectivity index (χ1) is 20.6. The molecular formula is C37H76ClO3P. The first kappa shape index (κ1) is 42.4. The first-order valence-electron chi connectivity index (χ1n) is 19.2. The molecule has 0 rings (SSSR count). The van der Waals surface area contributed by atoms with Gasteiger partial charge in [-0.15, -0.1) is 11.6 Å². The third kappa shape index (κ3) is 40.4. The van der Waals surface area contributed by atoms with Crippen molar-refractivity contribution in [3.8, 4) is 0 Å². The van der Waals surface area contributed by atoms with Gasteiger partial charge in [0.15, 0.2) is 0 Å². The summed E-state index contributed by atoms with van der Waals surface area (Å²) >= 11 is 5.73. The third-order valence-corrected chi connectivity index (χ3v) is 10.2. The fourth-order valence-corrected chi connectivity index (χ4v) is 7.07. The van der Waals surface area contributed by atoms with Crippen molar-refractivity contribution in [1.82, 2.24) is 0 Å². The summed E-state index contributed by atoms with van der Waals surface area (Å²) in [5.41, 5.74) is 0. The summed E-state index contributed by atoms with van der Waals surface area (Å²) in [6.45, 7) is 0. The van der Waals surface area contributed by atoms with Crippen molar-refractivity contribution in [3.63, 3.8) is 0 Å². The number of halogens is 1. The van der Waals surface area contributed by atoms with Gasteiger partial charge in [0.25, 0.3) is 0 Å². The summed E-state index contributed by atoms with van der Waals surface area (Å²) in [4.78, 5) is 17.7. The highest BCUT2D eigenvalue weighted by Crippen LogP contribution is 2.35. The van der Waals surface area contributed by atoms with E-state index in [1.807, 2.05) is 0 Å². The van der Waals surface area contributed by atoms with Crippen LogP contribution in [0.15, 0.2) is 0 Å². The smallest absolute Gasteiger partial charge is 0.324 e. The van der Waals surface area contributed by atoms with Crippen LogP contribution < -0.4 is 0 Å². The SMILES string of the molecule is O=P(O)(O)CCCCCCCCCCCCCCCCCCCCCCCCCCCCCCCCCCCCCCl. The molecule has 0 bridgehead atoms. The molecule has 0 spiro atoms. The monoisotopic (exact) mass is 635 g/mol. The lowest BCUT2D eigenvalue weighted by Gasteiger charge is -2.05. The van der Waals surface area contributed by atoms with Gasteiger partial charge in [-0.25, -0.2) is 0 Å². The Bertz CT molecular complexity index is 539. The highest BCUT2D eigenvalue weighted by atomic mass is 35.5. The van der Waals surface area contributed by atoms with Crippen molar-refractivity contribution < 1.29 is 14.4 Å². The Morgan fingerprint density at radius 2 is 0.429 bits per heavy atom. The molecule has 254 valence electrons. The van der Waals surface area contributed by atoms with Gasteiger partial charge in [0.2, 0.25) is 0 Å². The van der Waals surface area contributed by atoms with Crippen LogP contribution in [0.25, 0.3) is 0 Å². The Kier molecular flexibility index (Phi) is 36.3. The number of hydrogen-bond donors (Lipinski definition) is 2. The van der Waals surface area contributed by atoms with Crippen LogP contribution in [0.2, 0.25) is 0 Å². The van der Waals surface area contributed by atoms with E-state index < -0.39 is 7.60 Å². The lowest BCUT2D eigenvalue weighted by Crippen LogP contribution is -1.88.